The molecule has 0 bridgehead atoms. The number of hydrogen-bond donors (Lipinski definition) is 2. The van der Waals surface area contributed by atoms with E-state index >= 15 is 0 Å². The van der Waals surface area contributed by atoms with E-state index in [0.717, 1.165) is 5.56 Å². The number of benzene rings is 1. The van der Waals surface area contributed by atoms with Crippen LogP contribution in [-0.2, 0) is 0 Å². The molecule has 0 fully saturated rings. The van der Waals surface area contributed by atoms with E-state index in [4.69, 9.17) is 10.3 Å². The van der Waals surface area contributed by atoms with Crippen molar-refractivity contribution in [1.29, 1.82) is 0 Å². The molecule has 2 aromatic rings. The van der Waals surface area contributed by atoms with Gasteiger partial charge in [-0.25, -0.2) is 0 Å². The first-order chi connectivity index (χ1) is 7.58. The molecular formula is C12H14N2O2. The number of nitrogen functional groups attached to an aromatic ring is 1. The van der Waals surface area contributed by atoms with E-state index in [-0.39, 0.29) is 11.6 Å². The number of nitrogens with zero attached hydrogens (tertiary/aromatic N) is 1. The number of aromatic nitrogens is 1. The fourth-order valence-corrected chi connectivity index (χ4v) is 1.53. The highest BCUT2D eigenvalue weighted by atomic mass is 16.5. The Balaban J connectivity index is 2.51. The van der Waals surface area contributed by atoms with Crippen LogP contribution in [-0.4, -0.2) is 10.3 Å². The van der Waals surface area contributed by atoms with Crippen molar-refractivity contribution in [3.8, 4) is 17.0 Å². The van der Waals surface area contributed by atoms with E-state index in [1.165, 1.54) is 0 Å². The molecule has 84 valence electrons. The second kappa shape index (κ2) is 3.89. The van der Waals surface area contributed by atoms with Crippen molar-refractivity contribution >= 4 is 5.88 Å². The van der Waals surface area contributed by atoms with Gasteiger partial charge in [0.05, 0.1) is 0 Å². The van der Waals surface area contributed by atoms with Crippen LogP contribution < -0.4 is 5.73 Å². The topological polar surface area (TPSA) is 72.3 Å². The second-order valence-electron chi connectivity index (χ2n) is 4.05. The summed E-state index contributed by atoms with van der Waals surface area (Å²) in [6, 6.07) is 7.05. The van der Waals surface area contributed by atoms with Gasteiger partial charge in [0, 0.05) is 11.6 Å². The van der Waals surface area contributed by atoms with Gasteiger partial charge in [-0.2, -0.15) is 0 Å². The zero-order chi connectivity index (χ0) is 11.7. The minimum absolute atomic E-state index is 0.178. The maximum atomic E-state index is 9.76. The maximum Gasteiger partial charge on any atom is 0.222 e. The van der Waals surface area contributed by atoms with Crippen LogP contribution in [0.5, 0.6) is 5.75 Å². The van der Waals surface area contributed by atoms with Gasteiger partial charge in [-0.15, -0.1) is 0 Å². The van der Waals surface area contributed by atoms with Crippen molar-refractivity contribution in [3.63, 3.8) is 0 Å². The summed E-state index contributed by atoms with van der Waals surface area (Å²) in [4.78, 5) is 0. The van der Waals surface area contributed by atoms with Gasteiger partial charge < -0.3 is 15.4 Å². The quantitative estimate of drug-likeness (QED) is 0.812. The van der Waals surface area contributed by atoms with E-state index in [9.17, 15) is 5.11 Å². The molecule has 0 radical (unpaired) electrons. The first kappa shape index (κ1) is 10.5. The standard InChI is InChI=1S/C12H14N2O2/c1-7(2)8-3-4-11(15)9(5-8)10-6-12(13)16-14-10/h3-7,15H,13H2,1-2H3. The summed E-state index contributed by atoms with van der Waals surface area (Å²) < 4.78 is 4.79. The van der Waals surface area contributed by atoms with Gasteiger partial charge in [0.15, 0.2) is 0 Å². The molecule has 1 aromatic heterocycles. The summed E-state index contributed by atoms with van der Waals surface area (Å²) in [5, 5.41) is 13.5. The Kier molecular flexibility index (Phi) is 2.56. The van der Waals surface area contributed by atoms with Gasteiger partial charge in [-0.1, -0.05) is 25.1 Å². The molecule has 4 nitrogen and oxygen atoms in total. The van der Waals surface area contributed by atoms with Crippen molar-refractivity contribution < 1.29 is 9.63 Å². The molecule has 0 spiro atoms. The molecule has 2 rings (SSSR count). The van der Waals surface area contributed by atoms with Crippen LogP contribution in [0.2, 0.25) is 0 Å². The lowest BCUT2D eigenvalue weighted by Crippen LogP contribution is -1.88. The van der Waals surface area contributed by atoms with Crippen molar-refractivity contribution in [1.82, 2.24) is 5.16 Å². The summed E-state index contributed by atoms with van der Waals surface area (Å²) in [6.45, 7) is 4.18. The average Bonchev–Trinajstić information content (AvgIpc) is 2.65. The number of nitrogens with two attached hydrogens (primary N) is 1. The molecule has 0 amide bonds. The fraction of sp³-hybridized carbons (Fsp3) is 0.250. The molecule has 0 saturated carbocycles. The van der Waals surface area contributed by atoms with Crippen molar-refractivity contribution in [2.24, 2.45) is 0 Å². The molecule has 0 aliphatic heterocycles. The lowest BCUT2D eigenvalue weighted by Gasteiger charge is -2.08. The van der Waals surface area contributed by atoms with Gasteiger partial charge in [-0.3, -0.25) is 0 Å². The van der Waals surface area contributed by atoms with E-state index in [2.05, 4.69) is 19.0 Å². The van der Waals surface area contributed by atoms with Gasteiger partial charge >= 0.3 is 0 Å². The van der Waals surface area contributed by atoms with Gasteiger partial charge in [0.25, 0.3) is 0 Å². The molecule has 16 heavy (non-hydrogen) atoms. The van der Waals surface area contributed by atoms with Crippen LogP contribution in [0.25, 0.3) is 11.3 Å². The Labute approximate surface area is 93.7 Å². The molecular weight excluding hydrogens is 204 g/mol. The SMILES string of the molecule is CC(C)c1ccc(O)c(-c2cc(N)on2)c1. The molecule has 0 aliphatic rings. The number of anilines is 1. The molecule has 0 unspecified atom stereocenters. The summed E-state index contributed by atoms with van der Waals surface area (Å²) in [5.74, 6) is 0.811. The smallest absolute Gasteiger partial charge is 0.222 e. The Bertz CT molecular complexity index is 503. The van der Waals surface area contributed by atoms with Crippen LogP contribution in [0.3, 0.4) is 0 Å². The van der Waals surface area contributed by atoms with E-state index in [1.54, 1.807) is 12.1 Å². The van der Waals surface area contributed by atoms with Crippen LogP contribution >= 0.6 is 0 Å². The summed E-state index contributed by atoms with van der Waals surface area (Å²) in [7, 11) is 0. The van der Waals surface area contributed by atoms with Crippen molar-refractivity contribution in [2.45, 2.75) is 19.8 Å². The highest BCUT2D eigenvalue weighted by Gasteiger charge is 2.11. The van der Waals surface area contributed by atoms with Crippen LogP contribution in [0.1, 0.15) is 25.3 Å². The largest absolute Gasteiger partial charge is 0.507 e. The third-order valence-corrected chi connectivity index (χ3v) is 2.49. The Morgan fingerprint density at radius 2 is 2.06 bits per heavy atom. The summed E-state index contributed by atoms with van der Waals surface area (Å²) in [6.07, 6.45) is 0. The molecule has 0 atom stereocenters. The number of aromatic hydroxyl groups is 1. The number of phenolic OH excluding ortho intramolecular Hbond substituents is 1. The van der Waals surface area contributed by atoms with Gasteiger partial charge in [0.2, 0.25) is 5.88 Å². The Hall–Kier alpha value is -1.97. The molecule has 4 heteroatoms. The van der Waals surface area contributed by atoms with Gasteiger partial charge in [-0.05, 0) is 23.6 Å². The van der Waals surface area contributed by atoms with Crippen molar-refractivity contribution in [2.75, 3.05) is 5.73 Å². The lowest BCUT2D eigenvalue weighted by molar-refractivity contribution is 0.437. The lowest BCUT2D eigenvalue weighted by atomic mass is 9.99. The average molecular weight is 218 g/mol. The number of rotatable bonds is 2. The minimum Gasteiger partial charge on any atom is -0.507 e. The maximum absolute atomic E-state index is 9.76. The molecule has 0 aliphatic carbocycles. The molecule has 1 aromatic carbocycles. The third kappa shape index (κ3) is 1.86. The summed E-state index contributed by atoms with van der Waals surface area (Å²) in [5.41, 5.74) is 7.79. The number of hydrogen-bond acceptors (Lipinski definition) is 4. The van der Waals surface area contributed by atoms with Crippen LogP contribution in [0.4, 0.5) is 5.88 Å². The van der Waals surface area contributed by atoms with Crippen molar-refractivity contribution in [3.05, 3.63) is 29.8 Å². The highest BCUT2D eigenvalue weighted by molar-refractivity contribution is 5.68. The van der Waals surface area contributed by atoms with Gasteiger partial charge in [0.1, 0.15) is 11.4 Å². The molecule has 0 saturated heterocycles. The first-order valence-electron chi connectivity index (χ1n) is 5.13. The fourth-order valence-electron chi connectivity index (χ4n) is 1.53. The second-order valence-corrected chi connectivity index (χ2v) is 4.05. The van der Waals surface area contributed by atoms with Crippen LogP contribution in [0, 0.1) is 0 Å². The first-order valence-corrected chi connectivity index (χ1v) is 5.13. The predicted molar refractivity (Wildman–Crippen MR) is 62.1 cm³/mol. The molecule has 3 N–H and O–H groups in total. The normalized spacial score (nSPS) is 10.9. The molecule has 1 heterocycles. The number of phenols is 1. The monoisotopic (exact) mass is 218 g/mol. The minimum atomic E-state index is 0.178. The Morgan fingerprint density at radius 1 is 1.31 bits per heavy atom. The Morgan fingerprint density at radius 3 is 2.62 bits per heavy atom. The zero-order valence-corrected chi connectivity index (χ0v) is 9.27. The van der Waals surface area contributed by atoms with E-state index < -0.39 is 0 Å². The highest BCUT2D eigenvalue weighted by Crippen LogP contribution is 2.32. The summed E-state index contributed by atoms with van der Waals surface area (Å²) >= 11 is 0. The van der Waals surface area contributed by atoms with E-state index in [0.29, 0.717) is 17.2 Å². The third-order valence-electron chi connectivity index (χ3n) is 2.49. The predicted octanol–water partition coefficient (Wildman–Crippen LogP) is 2.75. The zero-order valence-electron chi connectivity index (χ0n) is 9.27. The van der Waals surface area contributed by atoms with Crippen LogP contribution in [0.15, 0.2) is 28.8 Å². The van der Waals surface area contributed by atoms with E-state index in [1.807, 2.05) is 12.1 Å².